The Bertz CT molecular complexity index is 424. The van der Waals surface area contributed by atoms with Gasteiger partial charge in [-0.3, -0.25) is 14.5 Å². The number of nitrogens with two attached hydrogens (primary N) is 1. The molecule has 18 heavy (non-hydrogen) atoms. The molecule has 1 aromatic rings. The zero-order valence-electron chi connectivity index (χ0n) is 10.7. The predicted molar refractivity (Wildman–Crippen MR) is 71.6 cm³/mol. The number of fused-ring (bicyclic) bond motifs is 3. The summed E-state index contributed by atoms with van der Waals surface area (Å²) in [6.45, 7) is 8.51. The predicted octanol–water partition coefficient (Wildman–Crippen LogP) is 0.556. The Hall–Kier alpha value is -0.620. The van der Waals surface area contributed by atoms with Gasteiger partial charge in [0.25, 0.3) is 0 Å². The molecular formula is C12H20ClN5. The molecule has 2 atom stereocenters. The van der Waals surface area contributed by atoms with Gasteiger partial charge in [-0.1, -0.05) is 11.6 Å². The second-order valence-corrected chi connectivity index (χ2v) is 5.53. The standard InChI is InChI=1S/C12H20ClN5/c1-2-18-12(9(13)7-15-18)11(14)10-8-16-3-5-17(10)6-4-16/h7,10-11H,2-6,8,14H2,1H3. The summed E-state index contributed by atoms with van der Waals surface area (Å²) in [5.74, 6) is 0. The van der Waals surface area contributed by atoms with E-state index >= 15 is 0 Å². The Labute approximate surface area is 112 Å². The number of aromatic nitrogens is 2. The van der Waals surface area contributed by atoms with Crippen LogP contribution in [0.2, 0.25) is 5.02 Å². The first kappa shape index (κ1) is 12.4. The highest BCUT2D eigenvalue weighted by Crippen LogP contribution is 2.29. The van der Waals surface area contributed by atoms with Crippen molar-refractivity contribution < 1.29 is 0 Å². The molecule has 3 aliphatic rings. The summed E-state index contributed by atoms with van der Waals surface area (Å²) in [6, 6.07) is 0.315. The highest BCUT2D eigenvalue weighted by molar-refractivity contribution is 6.31. The summed E-state index contributed by atoms with van der Waals surface area (Å²) in [7, 11) is 0. The van der Waals surface area contributed by atoms with E-state index in [1.54, 1.807) is 6.20 Å². The van der Waals surface area contributed by atoms with Crippen LogP contribution in [-0.4, -0.2) is 58.3 Å². The fourth-order valence-corrected chi connectivity index (χ4v) is 3.40. The van der Waals surface area contributed by atoms with Gasteiger partial charge in [0.15, 0.2) is 0 Å². The fraction of sp³-hybridized carbons (Fsp3) is 0.750. The number of aryl methyl sites for hydroxylation is 1. The largest absolute Gasteiger partial charge is 0.321 e. The molecule has 0 spiro atoms. The first-order chi connectivity index (χ1) is 8.70. The lowest BCUT2D eigenvalue weighted by Crippen LogP contribution is -2.63. The van der Waals surface area contributed by atoms with E-state index in [1.165, 1.54) is 13.1 Å². The monoisotopic (exact) mass is 269 g/mol. The van der Waals surface area contributed by atoms with E-state index in [0.29, 0.717) is 11.1 Å². The van der Waals surface area contributed by atoms with Gasteiger partial charge >= 0.3 is 0 Å². The number of piperazine rings is 3. The molecule has 4 heterocycles. The fourth-order valence-electron chi connectivity index (χ4n) is 3.14. The van der Waals surface area contributed by atoms with Crippen LogP contribution in [0.1, 0.15) is 18.7 Å². The number of rotatable bonds is 3. The molecule has 6 heteroatoms. The van der Waals surface area contributed by atoms with Crippen molar-refractivity contribution in [1.82, 2.24) is 19.6 Å². The molecule has 1 aromatic heterocycles. The van der Waals surface area contributed by atoms with Crippen LogP contribution in [0, 0.1) is 0 Å². The maximum atomic E-state index is 6.46. The minimum absolute atomic E-state index is 0.0527. The molecule has 100 valence electrons. The third-order valence-corrected chi connectivity index (χ3v) is 4.48. The minimum atomic E-state index is -0.0527. The Balaban J connectivity index is 1.85. The van der Waals surface area contributed by atoms with E-state index in [0.717, 1.165) is 31.9 Å². The molecular weight excluding hydrogens is 250 g/mol. The van der Waals surface area contributed by atoms with Crippen LogP contribution in [0.5, 0.6) is 0 Å². The lowest BCUT2D eigenvalue weighted by atomic mass is 9.98. The summed E-state index contributed by atoms with van der Waals surface area (Å²) in [5, 5.41) is 4.98. The molecule has 3 saturated heterocycles. The molecule has 0 radical (unpaired) electrons. The Kier molecular flexibility index (Phi) is 3.32. The zero-order chi connectivity index (χ0) is 12.7. The highest BCUT2D eigenvalue weighted by atomic mass is 35.5. The Morgan fingerprint density at radius 2 is 2.17 bits per heavy atom. The first-order valence-corrected chi connectivity index (χ1v) is 7.01. The van der Waals surface area contributed by atoms with Crippen LogP contribution in [0.3, 0.4) is 0 Å². The van der Waals surface area contributed by atoms with Crippen LogP contribution in [0.15, 0.2) is 6.20 Å². The van der Waals surface area contributed by atoms with E-state index < -0.39 is 0 Å². The van der Waals surface area contributed by atoms with E-state index in [4.69, 9.17) is 17.3 Å². The van der Waals surface area contributed by atoms with Gasteiger partial charge in [-0.15, -0.1) is 0 Å². The quantitative estimate of drug-likeness (QED) is 0.871. The van der Waals surface area contributed by atoms with Crippen molar-refractivity contribution in [2.75, 3.05) is 32.7 Å². The van der Waals surface area contributed by atoms with Crippen LogP contribution in [0.25, 0.3) is 0 Å². The van der Waals surface area contributed by atoms with Gasteiger partial charge in [0, 0.05) is 45.3 Å². The average Bonchev–Trinajstić information content (AvgIpc) is 2.80. The maximum absolute atomic E-state index is 6.46. The Morgan fingerprint density at radius 3 is 2.72 bits per heavy atom. The van der Waals surface area contributed by atoms with Gasteiger partial charge < -0.3 is 5.73 Å². The van der Waals surface area contributed by atoms with Gasteiger partial charge in [-0.05, 0) is 6.92 Å². The second kappa shape index (κ2) is 4.81. The molecule has 3 aliphatic heterocycles. The molecule has 3 fully saturated rings. The third-order valence-electron chi connectivity index (χ3n) is 4.18. The van der Waals surface area contributed by atoms with Gasteiger partial charge in [0.1, 0.15) is 0 Å². The van der Waals surface area contributed by atoms with Crippen molar-refractivity contribution in [2.45, 2.75) is 25.6 Å². The maximum Gasteiger partial charge on any atom is 0.0834 e. The molecule has 0 saturated carbocycles. The highest BCUT2D eigenvalue weighted by Gasteiger charge is 2.37. The summed E-state index contributed by atoms with van der Waals surface area (Å²) in [5.41, 5.74) is 7.45. The summed E-state index contributed by atoms with van der Waals surface area (Å²) in [4.78, 5) is 4.99. The summed E-state index contributed by atoms with van der Waals surface area (Å²) < 4.78 is 1.92. The van der Waals surface area contributed by atoms with Gasteiger partial charge in [0.2, 0.25) is 0 Å². The van der Waals surface area contributed by atoms with E-state index in [9.17, 15) is 0 Å². The van der Waals surface area contributed by atoms with Crippen molar-refractivity contribution in [3.8, 4) is 0 Å². The number of halogens is 1. The first-order valence-electron chi connectivity index (χ1n) is 6.64. The minimum Gasteiger partial charge on any atom is -0.321 e. The summed E-state index contributed by atoms with van der Waals surface area (Å²) >= 11 is 6.24. The van der Waals surface area contributed by atoms with Gasteiger partial charge in [-0.2, -0.15) is 5.10 Å². The molecule has 0 aliphatic carbocycles. The lowest BCUT2D eigenvalue weighted by Gasteiger charge is -2.49. The smallest absolute Gasteiger partial charge is 0.0834 e. The molecule has 0 aromatic carbocycles. The van der Waals surface area contributed by atoms with Crippen molar-refractivity contribution in [1.29, 1.82) is 0 Å². The van der Waals surface area contributed by atoms with Crippen molar-refractivity contribution in [2.24, 2.45) is 5.73 Å². The number of nitrogens with zero attached hydrogens (tertiary/aromatic N) is 4. The van der Waals surface area contributed by atoms with Crippen molar-refractivity contribution >= 4 is 11.6 Å². The second-order valence-electron chi connectivity index (χ2n) is 5.12. The van der Waals surface area contributed by atoms with Crippen LogP contribution >= 0.6 is 11.6 Å². The lowest BCUT2D eigenvalue weighted by molar-refractivity contribution is 0.00104. The van der Waals surface area contributed by atoms with Gasteiger partial charge in [-0.25, -0.2) is 0 Å². The molecule has 2 unspecified atom stereocenters. The normalized spacial score (nSPS) is 32.7. The van der Waals surface area contributed by atoms with Gasteiger partial charge in [0.05, 0.1) is 23.0 Å². The topological polar surface area (TPSA) is 50.3 Å². The number of hydrogen-bond donors (Lipinski definition) is 1. The Morgan fingerprint density at radius 1 is 1.44 bits per heavy atom. The van der Waals surface area contributed by atoms with Crippen molar-refractivity contribution in [3.63, 3.8) is 0 Å². The SMILES string of the molecule is CCn1ncc(Cl)c1C(N)C1CN2CCN1CC2. The zero-order valence-corrected chi connectivity index (χ0v) is 11.5. The molecule has 2 N–H and O–H groups in total. The van der Waals surface area contributed by atoms with E-state index in [2.05, 4.69) is 21.8 Å². The van der Waals surface area contributed by atoms with Crippen LogP contribution < -0.4 is 5.73 Å². The third kappa shape index (κ3) is 1.95. The molecule has 4 rings (SSSR count). The molecule has 0 amide bonds. The molecule has 2 bridgehead atoms. The van der Waals surface area contributed by atoms with E-state index in [1.807, 2.05) is 4.68 Å². The van der Waals surface area contributed by atoms with E-state index in [-0.39, 0.29) is 6.04 Å². The molecule has 5 nitrogen and oxygen atoms in total. The van der Waals surface area contributed by atoms with Crippen LogP contribution in [0.4, 0.5) is 0 Å². The average molecular weight is 270 g/mol. The van der Waals surface area contributed by atoms with Crippen molar-refractivity contribution in [3.05, 3.63) is 16.9 Å². The van der Waals surface area contributed by atoms with Crippen LogP contribution in [-0.2, 0) is 6.54 Å². The summed E-state index contributed by atoms with van der Waals surface area (Å²) in [6.07, 6.45) is 1.71. The number of hydrogen-bond acceptors (Lipinski definition) is 4.